The summed E-state index contributed by atoms with van der Waals surface area (Å²) in [4.78, 5) is 0. The molecule has 4 nitrogen and oxygen atoms in total. The van der Waals surface area contributed by atoms with E-state index in [2.05, 4.69) is 53.6 Å². The summed E-state index contributed by atoms with van der Waals surface area (Å²) in [6, 6.07) is 12.2. The van der Waals surface area contributed by atoms with Crippen molar-refractivity contribution in [2.45, 2.75) is 51.1 Å². The predicted molar refractivity (Wildman–Crippen MR) is 132 cm³/mol. The summed E-state index contributed by atoms with van der Waals surface area (Å²) in [5.74, 6) is -0.142. The Kier molecular flexibility index (Phi) is 7.48. The van der Waals surface area contributed by atoms with E-state index < -0.39 is 0 Å². The molecule has 0 saturated heterocycles. The number of aryl methyl sites for hydroxylation is 2. The van der Waals surface area contributed by atoms with E-state index in [9.17, 15) is 0 Å². The summed E-state index contributed by atoms with van der Waals surface area (Å²) < 4.78 is 5.52. The lowest BCUT2D eigenvalue weighted by Gasteiger charge is -2.39. The van der Waals surface area contributed by atoms with E-state index >= 15 is 0 Å². The van der Waals surface area contributed by atoms with Gasteiger partial charge >= 0.3 is 0 Å². The highest BCUT2D eigenvalue weighted by molar-refractivity contribution is 6.39. The average Bonchev–Trinajstić information content (AvgIpc) is 3.18. The Bertz CT molecular complexity index is 1050. The van der Waals surface area contributed by atoms with Crippen LogP contribution in [-0.4, -0.2) is 30.0 Å². The molecule has 0 bridgehead atoms. The van der Waals surface area contributed by atoms with Crippen LogP contribution in [0.4, 0.5) is 0 Å². The van der Waals surface area contributed by atoms with Crippen molar-refractivity contribution >= 4 is 34.8 Å². The molecular formula is C25H28Cl3N3O. The molecule has 2 N–H and O–H groups in total. The molecule has 170 valence electrons. The summed E-state index contributed by atoms with van der Waals surface area (Å²) in [6.45, 7) is 4.87. The van der Waals surface area contributed by atoms with Gasteiger partial charge in [0.1, 0.15) is 0 Å². The van der Waals surface area contributed by atoms with E-state index in [-0.39, 0.29) is 18.0 Å². The zero-order valence-corrected chi connectivity index (χ0v) is 20.8. The number of ether oxygens (including phenoxy) is 1. The van der Waals surface area contributed by atoms with Gasteiger partial charge in [-0.15, -0.1) is 0 Å². The lowest BCUT2D eigenvalue weighted by atomic mass is 9.76. The van der Waals surface area contributed by atoms with Crippen LogP contribution in [-0.2, 0) is 24.0 Å². The number of hydrogen-bond donors (Lipinski definition) is 2. The maximum absolute atomic E-state index is 6.83. The SMILES string of the molecule is CCc1n[nH]c(CC)c1C(c1c(Cl)cc(Cl)cc1Cl)C1NC(COC)Cc2ccccc21. The first-order valence-electron chi connectivity index (χ1n) is 11.0. The van der Waals surface area contributed by atoms with Crippen LogP contribution in [0.5, 0.6) is 0 Å². The van der Waals surface area contributed by atoms with Crippen LogP contribution in [0.15, 0.2) is 36.4 Å². The molecule has 1 aliphatic heterocycles. The molecule has 1 aliphatic rings. The molecule has 2 aromatic carbocycles. The second-order valence-corrected chi connectivity index (χ2v) is 9.48. The molecule has 2 heterocycles. The Balaban J connectivity index is 1.98. The van der Waals surface area contributed by atoms with Gasteiger partial charge in [-0.3, -0.25) is 5.10 Å². The molecule has 0 aliphatic carbocycles. The molecular weight excluding hydrogens is 465 g/mol. The zero-order valence-electron chi connectivity index (χ0n) is 18.5. The monoisotopic (exact) mass is 491 g/mol. The minimum absolute atomic E-state index is 0.0514. The van der Waals surface area contributed by atoms with Crippen LogP contribution < -0.4 is 5.32 Å². The molecule has 0 amide bonds. The fraction of sp³-hybridized carbons (Fsp3) is 0.400. The molecule has 32 heavy (non-hydrogen) atoms. The van der Waals surface area contributed by atoms with Gasteiger partial charge in [-0.2, -0.15) is 5.10 Å². The molecule has 0 radical (unpaired) electrons. The predicted octanol–water partition coefficient (Wildman–Crippen LogP) is 6.53. The first kappa shape index (κ1) is 23.6. The van der Waals surface area contributed by atoms with Gasteiger partial charge in [-0.25, -0.2) is 0 Å². The Morgan fingerprint density at radius 1 is 1.06 bits per heavy atom. The molecule has 0 spiro atoms. The smallest absolute Gasteiger partial charge is 0.0661 e. The fourth-order valence-electron chi connectivity index (χ4n) is 4.94. The molecule has 3 unspecified atom stereocenters. The minimum atomic E-state index is -0.142. The van der Waals surface area contributed by atoms with Crippen molar-refractivity contribution in [1.29, 1.82) is 0 Å². The maximum atomic E-state index is 6.83. The first-order chi connectivity index (χ1) is 15.5. The summed E-state index contributed by atoms with van der Waals surface area (Å²) in [5, 5.41) is 13.4. The number of fused-ring (bicyclic) bond motifs is 1. The van der Waals surface area contributed by atoms with Gasteiger partial charge in [0.05, 0.1) is 12.3 Å². The number of nitrogens with one attached hydrogen (secondary N) is 2. The molecule has 7 heteroatoms. The van der Waals surface area contributed by atoms with Crippen LogP contribution >= 0.6 is 34.8 Å². The number of benzene rings is 2. The highest BCUT2D eigenvalue weighted by atomic mass is 35.5. The average molecular weight is 493 g/mol. The number of rotatable bonds is 7. The van der Waals surface area contributed by atoms with E-state index in [1.54, 1.807) is 19.2 Å². The molecule has 0 saturated carbocycles. The van der Waals surface area contributed by atoms with E-state index in [0.717, 1.165) is 41.8 Å². The quantitative estimate of drug-likeness (QED) is 0.394. The van der Waals surface area contributed by atoms with Crippen molar-refractivity contribution in [1.82, 2.24) is 15.5 Å². The Labute approximate surface area is 204 Å². The Morgan fingerprint density at radius 3 is 2.44 bits per heavy atom. The van der Waals surface area contributed by atoms with Crippen LogP contribution in [0.3, 0.4) is 0 Å². The van der Waals surface area contributed by atoms with Crippen LogP contribution in [0.2, 0.25) is 15.1 Å². The molecule has 3 atom stereocenters. The highest BCUT2D eigenvalue weighted by Gasteiger charge is 2.38. The standard InChI is InChI=1S/C25H28Cl3N3O/c1-4-20-23(21(5-2)31-30-20)24(22-18(27)11-15(26)12-19(22)28)25-17-9-7-6-8-14(17)10-16(29-25)13-32-3/h6-9,11-12,16,24-25,29H,4-5,10,13H2,1-3H3,(H,30,31). The Hall–Kier alpha value is -1.56. The summed E-state index contributed by atoms with van der Waals surface area (Å²) in [7, 11) is 1.74. The zero-order chi connectivity index (χ0) is 22.8. The normalized spacial score (nSPS) is 19.1. The van der Waals surface area contributed by atoms with E-state index in [1.807, 2.05) is 0 Å². The van der Waals surface area contributed by atoms with Crippen molar-refractivity contribution in [3.8, 4) is 0 Å². The first-order valence-corrected chi connectivity index (χ1v) is 12.1. The lowest BCUT2D eigenvalue weighted by molar-refractivity contribution is 0.154. The van der Waals surface area contributed by atoms with Crippen LogP contribution in [0, 0.1) is 0 Å². The summed E-state index contributed by atoms with van der Waals surface area (Å²) in [5.41, 5.74) is 6.71. The number of aromatic nitrogens is 2. The number of nitrogens with zero attached hydrogens (tertiary/aromatic N) is 1. The third kappa shape index (κ3) is 4.44. The summed E-state index contributed by atoms with van der Waals surface area (Å²) >= 11 is 19.9. The molecule has 1 aromatic heterocycles. The third-order valence-electron chi connectivity index (χ3n) is 6.29. The van der Waals surface area contributed by atoms with Gasteiger partial charge in [0.2, 0.25) is 0 Å². The van der Waals surface area contributed by atoms with E-state index in [4.69, 9.17) is 39.5 Å². The van der Waals surface area contributed by atoms with Gasteiger partial charge in [-0.1, -0.05) is 72.9 Å². The molecule has 4 rings (SSSR count). The summed E-state index contributed by atoms with van der Waals surface area (Å²) in [6.07, 6.45) is 2.54. The second-order valence-electron chi connectivity index (χ2n) is 8.23. The molecule has 0 fully saturated rings. The number of H-pyrrole nitrogens is 1. The lowest BCUT2D eigenvalue weighted by Crippen LogP contribution is -2.44. The minimum Gasteiger partial charge on any atom is -0.383 e. The van der Waals surface area contributed by atoms with Crippen LogP contribution in [0.25, 0.3) is 0 Å². The van der Waals surface area contributed by atoms with E-state index in [0.29, 0.717) is 21.7 Å². The molecule has 3 aromatic rings. The number of aromatic amines is 1. The fourth-order valence-corrected chi connectivity index (χ4v) is 5.99. The van der Waals surface area contributed by atoms with Gasteiger partial charge in [0.25, 0.3) is 0 Å². The van der Waals surface area contributed by atoms with E-state index in [1.165, 1.54) is 11.1 Å². The van der Waals surface area contributed by atoms with Gasteiger partial charge in [0.15, 0.2) is 0 Å². The van der Waals surface area contributed by atoms with Gasteiger partial charge in [-0.05, 0) is 48.1 Å². The third-order valence-corrected chi connectivity index (χ3v) is 7.13. The second kappa shape index (κ2) is 10.1. The topological polar surface area (TPSA) is 49.9 Å². The number of hydrogen-bond acceptors (Lipinski definition) is 3. The maximum Gasteiger partial charge on any atom is 0.0661 e. The van der Waals surface area contributed by atoms with Crippen molar-refractivity contribution in [2.24, 2.45) is 0 Å². The van der Waals surface area contributed by atoms with Gasteiger partial charge < -0.3 is 10.1 Å². The van der Waals surface area contributed by atoms with Crippen molar-refractivity contribution in [2.75, 3.05) is 13.7 Å². The van der Waals surface area contributed by atoms with Crippen LogP contribution in [0.1, 0.15) is 59.4 Å². The van der Waals surface area contributed by atoms with Crippen molar-refractivity contribution < 1.29 is 4.74 Å². The van der Waals surface area contributed by atoms with Gasteiger partial charge in [0, 0.05) is 51.4 Å². The Morgan fingerprint density at radius 2 is 1.78 bits per heavy atom. The van der Waals surface area contributed by atoms with Crippen molar-refractivity contribution in [3.63, 3.8) is 0 Å². The highest BCUT2D eigenvalue weighted by Crippen LogP contribution is 2.48. The van der Waals surface area contributed by atoms with Crippen molar-refractivity contribution in [3.05, 3.63) is 85.1 Å². The number of methoxy groups -OCH3 is 1. The number of halogens is 3. The largest absolute Gasteiger partial charge is 0.383 e.